The van der Waals surface area contributed by atoms with Gasteiger partial charge < -0.3 is 29.5 Å². The van der Waals surface area contributed by atoms with Gasteiger partial charge in [0.2, 0.25) is 18.6 Å². The lowest BCUT2D eigenvalue weighted by Gasteiger charge is -2.34. The summed E-state index contributed by atoms with van der Waals surface area (Å²) in [6, 6.07) is 13.3. The van der Waals surface area contributed by atoms with Gasteiger partial charge in [0.15, 0.2) is 11.5 Å². The molecule has 2 aromatic carbocycles. The van der Waals surface area contributed by atoms with E-state index in [1.54, 1.807) is 17.0 Å². The normalized spacial score (nSPS) is 20.9. The van der Waals surface area contributed by atoms with Gasteiger partial charge in [-0.3, -0.25) is 9.59 Å². The van der Waals surface area contributed by atoms with Gasteiger partial charge in [0.05, 0.1) is 5.92 Å². The highest BCUT2D eigenvalue weighted by Gasteiger charge is 2.35. The molecule has 1 atom stereocenters. The maximum Gasteiger partial charge on any atom is 0.231 e. The van der Waals surface area contributed by atoms with Gasteiger partial charge >= 0.3 is 0 Å². The zero-order valence-corrected chi connectivity index (χ0v) is 17.5. The van der Waals surface area contributed by atoms with Crippen LogP contribution in [0.25, 0.3) is 0 Å². The molecule has 3 aliphatic heterocycles. The summed E-state index contributed by atoms with van der Waals surface area (Å²) >= 11 is 0. The highest BCUT2D eigenvalue weighted by molar-refractivity contribution is 6.03. The summed E-state index contributed by atoms with van der Waals surface area (Å²) in [7, 11) is 2.14. The fourth-order valence-electron chi connectivity index (χ4n) is 4.25. The number of carbonyl (C=O) groups is 2. The third kappa shape index (κ3) is 4.03. The Labute approximate surface area is 181 Å². The van der Waals surface area contributed by atoms with Crippen molar-refractivity contribution in [1.82, 2.24) is 4.90 Å². The molecule has 0 bridgehead atoms. The van der Waals surface area contributed by atoms with Crippen LogP contribution in [0.3, 0.4) is 0 Å². The van der Waals surface area contributed by atoms with Crippen LogP contribution < -0.4 is 24.6 Å². The van der Waals surface area contributed by atoms with E-state index in [1.807, 2.05) is 30.3 Å². The largest absolute Gasteiger partial charge is 0.454 e. The molecule has 2 fully saturated rings. The monoisotopic (exact) mass is 422 g/mol. The molecular weight excluding hydrogens is 396 g/mol. The Hall–Kier alpha value is -3.26. The third-order valence-electron chi connectivity index (χ3n) is 6.17. The van der Waals surface area contributed by atoms with Crippen LogP contribution in [0.15, 0.2) is 42.5 Å². The number of rotatable bonds is 4. The second kappa shape index (κ2) is 8.11. The number of nitrogens with zero attached hydrogens (tertiary/aromatic N) is 3. The molecule has 162 valence electrons. The molecule has 0 aromatic heterocycles. The van der Waals surface area contributed by atoms with E-state index in [2.05, 4.69) is 22.2 Å². The number of hydrogen-bond donors (Lipinski definition) is 1. The molecule has 3 aliphatic rings. The summed E-state index contributed by atoms with van der Waals surface area (Å²) in [5.74, 6) is 0.701. The standard InChI is InChI=1S/C23H26N4O4/c1-25-8-10-26(11-9-25)18-4-2-17(3-5-18)24-23(29)16-12-22(28)27(14-16)19-6-7-20-21(13-19)31-15-30-20/h2-7,13,16H,8-12,14-15H2,1H3,(H,24,29). The molecule has 0 spiro atoms. The van der Waals surface area contributed by atoms with Crippen molar-refractivity contribution in [3.8, 4) is 11.5 Å². The van der Waals surface area contributed by atoms with E-state index in [0.29, 0.717) is 18.0 Å². The number of piperazine rings is 1. The Morgan fingerprint density at radius 2 is 1.68 bits per heavy atom. The molecule has 0 radical (unpaired) electrons. The lowest BCUT2D eigenvalue weighted by molar-refractivity contribution is -0.122. The predicted octanol–water partition coefficient (Wildman–Crippen LogP) is 2.16. The quantitative estimate of drug-likeness (QED) is 0.814. The molecule has 31 heavy (non-hydrogen) atoms. The molecule has 3 heterocycles. The predicted molar refractivity (Wildman–Crippen MR) is 118 cm³/mol. The van der Waals surface area contributed by atoms with Gasteiger partial charge in [0, 0.05) is 62.3 Å². The molecule has 1 N–H and O–H groups in total. The fourth-order valence-corrected chi connectivity index (χ4v) is 4.25. The zero-order chi connectivity index (χ0) is 21.4. The summed E-state index contributed by atoms with van der Waals surface area (Å²) < 4.78 is 10.7. The van der Waals surface area contributed by atoms with E-state index in [1.165, 1.54) is 0 Å². The van der Waals surface area contributed by atoms with Crippen molar-refractivity contribution in [2.45, 2.75) is 6.42 Å². The van der Waals surface area contributed by atoms with Crippen LogP contribution in [-0.4, -0.2) is 63.3 Å². The second-order valence-corrected chi connectivity index (χ2v) is 8.27. The van der Waals surface area contributed by atoms with Crippen LogP contribution in [0.4, 0.5) is 17.1 Å². The first-order valence-electron chi connectivity index (χ1n) is 10.6. The lowest BCUT2D eigenvalue weighted by Crippen LogP contribution is -2.44. The van der Waals surface area contributed by atoms with Gasteiger partial charge in [-0.2, -0.15) is 0 Å². The van der Waals surface area contributed by atoms with Gasteiger partial charge in [-0.25, -0.2) is 0 Å². The molecule has 5 rings (SSSR count). The van der Waals surface area contributed by atoms with Gasteiger partial charge in [0.25, 0.3) is 0 Å². The van der Waals surface area contributed by atoms with Crippen LogP contribution in [0.1, 0.15) is 6.42 Å². The van der Waals surface area contributed by atoms with E-state index in [-0.39, 0.29) is 25.0 Å². The van der Waals surface area contributed by atoms with Crippen molar-refractivity contribution < 1.29 is 19.1 Å². The van der Waals surface area contributed by atoms with Crippen LogP contribution >= 0.6 is 0 Å². The minimum absolute atomic E-state index is 0.0653. The molecule has 8 heteroatoms. The van der Waals surface area contributed by atoms with E-state index >= 15 is 0 Å². The molecular formula is C23H26N4O4. The number of nitrogens with one attached hydrogen (secondary N) is 1. The molecule has 8 nitrogen and oxygen atoms in total. The highest BCUT2D eigenvalue weighted by Crippen LogP contribution is 2.37. The highest BCUT2D eigenvalue weighted by atomic mass is 16.7. The molecule has 1 unspecified atom stereocenters. The van der Waals surface area contributed by atoms with E-state index in [9.17, 15) is 9.59 Å². The SMILES string of the molecule is CN1CCN(c2ccc(NC(=O)C3CC(=O)N(c4ccc5c(c4)OCO5)C3)cc2)CC1. The average Bonchev–Trinajstić information content (AvgIpc) is 3.41. The lowest BCUT2D eigenvalue weighted by atomic mass is 10.1. The van der Waals surface area contributed by atoms with Gasteiger partial charge in [0.1, 0.15) is 0 Å². The summed E-state index contributed by atoms with van der Waals surface area (Å²) in [5, 5.41) is 2.97. The van der Waals surface area contributed by atoms with Crippen molar-refractivity contribution in [3.05, 3.63) is 42.5 Å². The van der Waals surface area contributed by atoms with Crippen molar-refractivity contribution in [2.24, 2.45) is 5.92 Å². The minimum Gasteiger partial charge on any atom is -0.454 e. The fraction of sp³-hybridized carbons (Fsp3) is 0.391. The maximum atomic E-state index is 12.8. The first kappa shape index (κ1) is 19.7. The average molecular weight is 422 g/mol. The number of likely N-dealkylation sites (N-methyl/N-ethyl adjacent to an activating group) is 1. The van der Waals surface area contributed by atoms with Crippen molar-refractivity contribution >= 4 is 28.9 Å². The topological polar surface area (TPSA) is 74.4 Å². The molecule has 0 saturated carbocycles. The maximum absolute atomic E-state index is 12.8. The zero-order valence-electron chi connectivity index (χ0n) is 17.5. The first-order chi connectivity index (χ1) is 15.1. The van der Waals surface area contributed by atoms with Gasteiger partial charge in [-0.05, 0) is 43.4 Å². The molecule has 2 saturated heterocycles. The van der Waals surface area contributed by atoms with Crippen LogP contribution in [0.5, 0.6) is 11.5 Å². The summed E-state index contributed by atoms with van der Waals surface area (Å²) in [6.07, 6.45) is 0.194. The summed E-state index contributed by atoms with van der Waals surface area (Å²) in [4.78, 5) is 31.7. The van der Waals surface area contributed by atoms with E-state index < -0.39 is 5.92 Å². The van der Waals surface area contributed by atoms with Gasteiger partial charge in [-0.1, -0.05) is 0 Å². The summed E-state index contributed by atoms with van der Waals surface area (Å²) in [5.41, 5.74) is 2.63. The van der Waals surface area contributed by atoms with E-state index in [0.717, 1.165) is 43.2 Å². The number of benzene rings is 2. The molecule has 2 aromatic rings. The van der Waals surface area contributed by atoms with Crippen molar-refractivity contribution in [3.63, 3.8) is 0 Å². The number of fused-ring (bicyclic) bond motifs is 1. The number of amides is 2. The number of anilines is 3. The first-order valence-corrected chi connectivity index (χ1v) is 10.6. The van der Waals surface area contributed by atoms with Crippen LogP contribution in [-0.2, 0) is 9.59 Å². The Morgan fingerprint density at radius 3 is 2.45 bits per heavy atom. The Bertz CT molecular complexity index is 986. The summed E-state index contributed by atoms with van der Waals surface area (Å²) in [6.45, 7) is 4.64. The number of ether oxygens (including phenoxy) is 2. The second-order valence-electron chi connectivity index (χ2n) is 8.27. The van der Waals surface area contributed by atoms with Crippen molar-refractivity contribution in [1.29, 1.82) is 0 Å². The molecule has 2 amide bonds. The third-order valence-corrected chi connectivity index (χ3v) is 6.17. The number of carbonyl (C=O) groups excluding carboxylic acids is 2. The smallest absolute Gasteiger partial charge is 0.231 e. The minimum atomic E-state index is -0.393. The Balaban J connectivity index is 1.20. The Morgan fingerprint density at radius 1 is 0.968 bits per heavy atom. The van der Waals surface area contributed by atoms with Crippen LogP contribution in [0, 0.1) is 5.92 Å². The van der Waals surface area contributed by atoms with Gasteiger partial charge in [-0.15, -0.1) is 0 Å². The molecule has 0 aliphatic carbocycles. The van der Waals surface area contributed by atoms with Crippen LogP contribution in [0.2, 0.25) is 0 Å². The Kier molecular flexibility index (Phi) is 5.15. The van der Waals surface area contributed by atoms with E-state index in [4.69, 9.17) is 9.47 Å². The van der Waals surface area contributed by atoms with Crippen molar-refractivity contribution in [2.75, 3.05) is 61.7 Å². The number of hydrogen-bond acceptors (Lipinski definition) is 6.